The van der Waals surface area contributed by atoms with E-state index < -0.39 is 0 Å². The first-order valence-electron chi connectivity index (χ1n) is 13.3. The van der Waals surface area contributed by atoms with Crippen molar-refractivity contribution < 1.29 is 21.5 Å². The lowest BCUT2D eigenvalue weighted by Gasteiger charge is -2.38. The van der Waals surface area contributed by atoms with Crippen molar-refractivity contribution in [2.24, 2.45) is 0 Å². The minimum atomic E-state index is 0. The molecule has 2 aliphatic rings. The molecule has 0 atom stereocenters. The molecule has 0 aromatic heterocycles. The van der Waals surface area contributed by atoms with Crippen LogP contribution in [0.2, 0.25) is 0 Å². The molecular formula is C36H28BrN. The largest absolute Gasteiger partial charge is 1.00 e. The molecule has 2 heteroatoms. The van der Waals surface area contributed by atoms with Crippen molar-refractivity contribution >= 4 is 21.5 Å². The van der Waals surface area contributed by atoms with Gasteiger partial charge in [-0.1, -0.05) is 109 Å². The summed E-state index contributed by atoms with van der Waals surface area (Å²) < 4.78 is 1.00. The second-order valence-electron chi connectivity index (χ2n) is 11.0. The maximum absolute atomic E-state index is 2.48. The van der Waals surface area contributed by atoms with Crippen molar-refractivity contribution in [3.05, 3.63) is 144 Å². The molecule has 2 aliphatic heterocycles. The van der Waals surface area contributed by atoms with Crippen LogP contribution >= 0.6 is 0 Å². The first kappa shape index (κ1) is 23.4. The van der Waals surface area contributed by atoms with Crippen molar-refractivity contribution in [2.45, 2.75) is 26.2 Å². The zero-order chi connectivity index (χ0) is 24.4. The van der Waals surface area contributed by atoms with E-state index in [-0.39, 0.29) is 17.0 Å². The standard InChI is InChI=1S/C36H28N.BrH/c1-2-11-27-20-35-31(19-26(27)10-1)24-37(23-30-18-17-25-9-3-8-16-34(25)36(30)35)21-28-12-4-6-14-32(28)33-15-7-5-13-29(33)22-37;/h1-20H,21-24H2;1H/q+1;/p-1. The number of rotatable bonds is 0. The van der Waals surface area contributed by atoms with Gasteiger partial charge in [0, 0.05) is 22.3 Å². The maximum Gasteiger partial charge on any atom is 0.106 e. The summed E-state index contributed by atoms with van der Waals surface area (Å²) in [6.45, 7) is 4.10. The molecule has 0 fully saturated rings. The normalized spacial score (nSPS) is 14.9. The number of halogens is 1. The fourth-order valence-corrected chi connectivity index (χ4v) is 7.04. The molecular weight excluding hydrogens is 526 g/mol. The third kappa shape index (κ3) is 3.63. The van der Waals surface area contributed by atoms with Crippen LogP contribution in [-0.2, 0) is 26.2 Å². The van der Waals surface area contributed by atoms with Crippen LogP contribution in [0.15, 0.2) is 121 Å². The topological polar surface area (TPSA) is 0 Å². The van der Waals surface area contributed by atoms with Gasteiger partial charge in [0.2, 0.25) is 0 Å². The summed E-state index contributed by atoms with van der Waals surface area (Å²) in [6.07, 6.45) is 0. The van der Waals surface area contributed by atoms with Gasteiger partial charge in [0.1, 0.15) is 26.2 Å². The number of hydrogen-bond donors (Lipinski definition) is 0. The fraction of sp³-hybridized carbons (Fsp3) is 0.111. The number of nitrogens with zero attached hydrogens (tertiary/aromatic N) is 1. The Morgan fingerprint density at radius 1 is 0.395 bits per heavy atom. The van der Waals surface area contributed by atoms with Crippen LogP contribution in [0.1, 0.15) is 22.3 Å². The molecule has 6 aromatic rings. The Labute approximate surface area is 234 Å². The summed E-state index contributed by atoms with van der Waals surface area (Å²) in [5, 5.41) is 5.34. The summed E-state index contributed by atoms with van der Waals surface area (Å²) >= 11 is 0. The molecule has 1 nitrogen and oxygen atoms in total. The van der Waals surface area contributed by atoms with E-state index in [2.05, 4.69) is 121 Å². The summed E-state index contributed by atoms with van der Waals surface area (Å²) in [5.74, 6) is 0. The van der Waals surface area contributed by atoms with Crippen LogP contribution in [0, 0.1) is 0 Å². The molecule has 0 aliphatic carbocycles. The first-order chi connectivity index (χ1) is 18.3. The highest BCUT2D eigenvalue weighted by molar-refractivity contribution is 6.01. The van der Waals surface area contributed by atoms with E-state index in [9.17, 15) is 0 Å². The molecule has 1 spiro atoms. The molecule has 6 aromatic carbocycles. The summed E-state index contributed by atoms with van der Waals surface area (Å²) in [5.41, 5.74) is 11.5. The average Bonchev–Trinajstić information content (AvgIpc) is 3.15. The van der Waals surface area contributed by atoms with Gasteiger partial charge in [-0.15, -0.1) is 0 Å². The van der Waals surface area contributed by atoms with Crippen LogP contribution in [0.3, 0.4) is 0 Å². The molecule has 8 rings (SSSR count). The van der Waals surface area contributed by atoms with Gasteiger partial charge in [-0.25, -0.2) is 0 Å². The molecule has 0 saturated heterocycles. The highest BCUT2D eigenvalue weighted by Crippen LogP contribution is 2.45. The molecule has 0 unspecified atom stereocenters. The Morgan fingerprint density at radius 2 is 0.921 bits per heavy atom. The van der Waals surface area contributed by atoms with E-state index in [4.69, 9.17) is 0 Å². The Hall–Kier alpha value is -3.72. The van der Waals surface area contributed by atoms with Crippen LogP contribution < -0.4 is 17.0 Å². The van der Waals surface area contributed by atoms with Gasteiger partial charge in [0.05, 0.1) is 0 Å². The van der Waals surface area contributed by atoms with Crippen molar-refractivity contribution in [3.8, 4) is 22.3 Å². The van der Waals surface area contributed by atoms with Gasteiger partial charge in [-0.2, -0.15) is 0 Å². The number of fused-ring (bicyclic) bond motifs is 9. The fourth-order valence-electron chi connectivity index (χ4n) is 7.04. The van der Waals surface area contributed by atoms with E-state index in [1.54, 1.807) is 0 Å². The molecule has 0 amide bonds. The van der Waals surface area contributed by atoms with Crippen molar-refractivity contribution in [3.63, 3.8) is 0 Å². The monoisotopic (exact) mass is 553 g/mol. The smallest absolute Gasteiger partial charge is 0.106 e. The van der Waals surface area contributed by atoms with Gasteiger partial charge in [-0.3, -0.25) is 0 Å². The van der Waals surface area contributed by atoms with Crippen LogP contribution in [-0.4, -0.2) is 4.48 Å². The van der Waals surface area contributed by atoms with E-state index in [0.29, 0.717) is 0 Å². The lowest BCUT2D eigenvalue weighted by molar-refractivity contribution is -0.977. The van der Waals surface area contributed by atoms with Crippen molar-refractivity contribution in [1.29, 1.82) is 0 Å². The zero-order valence-corrected chi connectivity index (χ0v) is 22.8. The summed E-state index contributed by atoms with van der Waals surface area (Å²) in [6, 6.07) is 45.6. The second kappa shape index (κ2) is 8.94. The summed E-state index contributed by atoms with van der Waals surface area (Å²) in [7, 11) is 0. The summed E-state index contributed by atoms with van der Waals surface area (Å²) in [4.78, 5) is 0. The molecule has 38 heavy (non-hydrogen) atoms. The molecule has 0 saturated carbocycles. The highest BCUT2D eigenvalue weighted by Gasteiger charge is 2.38. The Bertz CT molecular complexity index is 1800. The lowest BCUT2D eigenvalue weighted by atomic mass is 9.90. The molecule has 184 valence electrons. The number of hydrogen-bond acceptors (Lipinski definition) is 0. The van der Waals surface area contributed by atoms with Crippen LogP contribution in [0.4, 0.5) is 0 Å². The molecule has 0 radical (unpaired) electrons. The number of quaternary nitrogens is 1. The van der Waals surface area contributed by atoms with Gasteiger partial charge in [0.15, 0.2) is 0 Å². The molecule has 0 N–H and O–H groups in total. The zero-order valence-electron chi connectivity index (χ0n) is 21.2. The minimum absolute atomic E-state index is 0. The Morgan fingerprint density at radius 3 is 1.63 bits per heavy atom. The third-order valence-corrected chi connectivity index (χ3v) is 8.60. The van der Waals surface area contributed by atoms with E-state index >= 15 is 0 Å². The van der Waals surface area contributed by atoms with Crippen LogP contribution in [0.25, 0.3) is 43.8 Å². The molecule has 2 heterocycles. The average molecular weight is 555 g/mol. The second-order valence-corrected chi connectivity index (χ2v) is 11.0. The predicted octanol–water partition coefficient (Wildman–Crippen LogP) is 5.88. The Kier molecular flexibility index (Phi) is 5.51. The van der Waals surface area contributed by atoms with Crippen LogP contribution in [0.5, 0.6) is 0 Å². The predicted molar refractivity (Wildman–Crippen MR) is 154 cm³/mol. The van der Waals surface area contributed by atoms with Crippen molar-refractivity contribution in [1.82, 2.24) is 0 Å². The molecule has 0 bridgehead atoms. The van der Waals surface area contributed by atoms with E-state index in [1.807, 2.05) is 0 Å². The number of benzene rings is 6. The third-order valence-electron chi connectivity index (χ3n) is 8.60. The first-order valence-corrected chi connectivity index (χ1v) is 13.3. The minimum Gasteiger partial charge on any atom is -1.00 e. The van der Waals surface area contributed by atoms with E-state index in [1.165, 1.54) is 66.1 Å². The van der Waals surface area contributed by atoms with Gasteiger partial charge in [0.25, 0.3) is 0 Å². The van der Waals surface area contributed by atoms with E-state index in [0.717, 1.165) is 30.7 Å². The van der Waals surface area contributed by atoms with Gasteiger partial charge < -0.3 is 21.5 Å². The van der Waals surface area contributed by atoms with Gasteiger partial charge in [-0.05, 0) is 55.9 Å². The SMILES string of the molecule is [Br-].c1ccc2c(c1)C[N+]1(Cc3ccccc3-2)Cc2cc3ccccc3cc2-c2c(ccc3ccccc23)C1. The quantitative estimate of drug-likeness (QED) is 0.206. The Balaban J connectivity index is 0.00000242. The lowest BCUT2D eigenvalue weighted by Crippen LogP contribution is -3.00. The van der Waals surface area contributed by atoms with Crippen molar-refractivity contribution in [2.75, 3.05) is 0 Å². The highest BCUT2D eigenvalue weighted by atomic mass is 79.9. The van der Waals surface area contributed by atoms with Gasteiger partial charge >= 0.3 is 0 Å². The maximum atomic E-state index is 2.48.